The van der Waals surface area contributed by atoms with E-state index in [-0.39, 0.29) is 5.82 Å². The molecule has 0 spiro atoms. The Bertz CT molecular complexity index is 365. The molecule has 2 atom stereocenters. The normalized spacial score (nSPS) is 24.2. The van der Waals surface area contributed by atoms with Crippen molar-refractivity contribution < 1.29 is 9.13 Å². The van der Waals surface area contributed by atoms with Crippen molar-refractivity contribution >= 4 is 11.6 Å². The highest BCUT2D eigenvalue weighted by Gasteiger charge is 2.23. The molecular formula is C13H17ClFNO. The summed E-state index contributed by atoms with van der Waals surface area (Å²) in [5.74, 6) is 0.269. The molecule has 1 heterocycles. The lowest BCUT2D eigenvalue weighted by molar-refractivity contribution is 0.105. The van der Waals surface area contributed by atoms with E-state index in [1.165, 1.54) is 12.1 Å². The Morgan fingerprint density at radius 3 is 2.94 bits per heavy atom. The van der Waals surface area contributed by atoms with E-state index in [9.17, 15) is 4.39 Å². The van der Waals surface area contributed by atoms with Gasteiger partial charge in [0.15, 0.2) is 0 Å². The number of nitrogens with one attached hydrogen (secondary N) is 1. The van der Waals surface area contributed by atoms with E-state index >= 15 is 0 Å². The van der Waals surface area contributed by atoms with Gasteiger partial charge in [-0.1, -0.05) is 11.6 Å². The van der Waals surface area contributed by atoms with Crippen LogP contribution in [0.3, 0.4) is 0 Å². The average Bonchev–Trinajstić information content (AvgIpc) is 2.63. The number of hydrogen-bond donors (Lipinski definition) is 1. The Balaban J connectivity index is 1.81. The van der Waals surface area contributed by atoms with Gasteiger partial charge in [0.25, 0.3) is 0 Å². The molecule has 0 radical (unpaired) electrons. The number of ether oxygens (including phenoxy) is 1. The summed E-state index contributed by atoms with van der Waals surface area (Å²) in [6, 6.07) is 4.61. The van der Waals surface area contributed by atoms with Crippen LogP contribution in [0.4, 0.5) is 4.39 Å². The van der Waals surface area contributed by atoms with Crippen LogP contribution in [0.5, 0.6) is 0 Å². The first-order valence-electron chi connectivity index (χ1n) is 5.92. The molecule has 4 heteroatoms. The quantitative estimate of drug-likeness (QED) is 0.895. The minimum absolute atomic E-state index is 0.285. The van der Waals surface area contributed by atoms with Gasteiger partial charge in [-0.3, -0.25) is 0 Å². The fourth-order valence-corrected chi connectivity index (χ4v) is 2.40. The van der Waals surface area contributed by atoms with Gasteiger partial charge in [0.05, 0.1) is 6.10 Å². The lowest BCUT2D eigenvalue weighted by Crippen LogP contribution is -2.26. The van der Waals surface area contributed by atoms with Crippen LogP contribution in [0, 0.1) is 11.7 Å². The van der Waals surface area contributed by atoms with Gasteiger partial charge in [0.1, 0.15) is 5.82 Å². The lowest BCUT2D eigenvalue weighted by Gasteiger charge is -2.14. The van der Waals surface area contributed by atoms with Gasteiger partial charge < -0.3 is 10.1 Å². The van der Waals surface area contributed by atoms with Crippen molar-refractivity contribution in [3.05, 3.63) is 34.6 Å². The molecule has 2 rings (SSSR count). The molecule has 1 saturated heterocycles. The molecule has 1 N–H and O–H groups in total. The van der Waals surface area contributed by atoms with E-state index in [0.29, 0.717) is 23.6 Å². The fourth-order valence-electron chi connectivity index (χ4n) is 2.16. The molecule has 2 unspecified atom stereocenters. The van der Waals surface area contributed by atoms with E-state index in [1.54, 1.807) is 6.07 Å². The Labute approximate surface area is 106 Å². The molecule has 0 bridgehead atoms. The standard InChI is InChI=1S/C13H17ClFNO/c1-9-11(2-3-17-9)8-16-7-10-4-12(14)6-13(15)5-10/h4-6,9,11,16H,2-3,7-8H2,1H3. The maximum absolute atomic E-state index is 13.1. The van der Waals surface area contributed by atoms with Crippen molar-refractivity contribution in [3.63, 3.8) is 0 Å². The van der Waals surface area contributed by atoms with Crippen molar-refractivity contribution in [1.82, 2.24) is 5.32 Å². The number of rotatable bonds is 4. The molecule has 0 saturated carbocycles. The Morgan fingerprint density at radius 1 is 1.47 bits per heavy atom. The number of hydrogen-bond acceptors (Lipinski definition) is 2. The molecular weight excluding hydrogens is 241 g/mol. The third-order valence-electron chi connectivity index (χ3n) is 3.19. The molecule has 1 aliphatic rings. The molecule has 0 aromatic heterocycles. The zero-order chi connectivity index (χ0) is 12.3. The van der Waals surface area contributed by atoms with Crippen LogP contribution < -0.4 is 5.32 Å². The van der Waals surface area contributed by atoms with E-state index in [2.05, 4.69) is 12.2 Å². The van der Waals surface area contributed by atoms with Crippen LogP contribution in [0.1, 0.15) is 18.9 Å². The second-order valence-corrected chi connectivity index (χ2v) is 4.97. The first kappa shape index (κ1) is 12.8. The van der Waals surface area contributed by atoms with Crippen molar-refractivity contribution in [1.29, 1.82) is 0 Å². The van der Waals surface area contributed by atoms with Crippen LogP contribution in [0.2, 0.25) is 5.02 Å². The van der Waals surface area contributed by atoms with Gasteiger partial charge in [-0.15, -0.1) is 0 Å². The summed E-state index contributed by atoms with van der Waals surface area (Å²) in [4.78, 5) is 0. The highest BCUT2D eigenvalue weighted by Crippen LogP contribution is 2.19. The summed E-state index contributed by atoms with van der Waals surface area (Å²) in [5.41, 5.74) is 0.876. The molecule has 0 aliphatic carbocycles. The zero-order valence-electron chi connectivity index (χ0n) is 9.88. The minimum atomic E-state index is -0.285. The van der Waals surface area contributed by atoms with E-state index in [1.807, 2.05) is 0 Å². The Hall–Kier alpha value is -0.640. The van der Waals surface area contributed by atoms with Gasteiger partial charge in [0, 0.05) is 24.7 Å². The predicted octanol–water partition coefficient (Wildman–Crippen LogP) is 2.99. The SMILES string of the molecule is CC1OCCC1CNCc1cc(F)cc(Cl)c1. The minimum Gasteiger partial charge on any atom is -0.378 e. The maximum Gasteiger partial charge on any atom is 0.125 e. The molecule has 1 fully saturated rings. The summed E-state index contributed by atoms with van der Waals surface area (Å²) in [5, 5.41) is 3.77. The highest BCUT2D eigenvalue weighted by molar-refractivity contribution is 6.30. The molecule has 1 aromatic rings. The second kappa shape index (κ2) is 5.80. The second-order valence-electron chi connectivity index (χ2n) is 4.53. The Kier molecular flexibility index (Phi) is 4.37. The van der Waals surface area contributed by atoms with Crippen molar-refractivity contribution in [2.45, 2.75) is 26.0 Å². The summed E-state index contributed by atoms with van der Waals surface area (Å²) >= 11 is 5.79. The van der Waals surface area contributed by atoms with Crippen LogP contribution in [0.15, 0.2) is 18.2 Å². The van der Waals surface area contributed by atoms with Crippen LogP contribution >= 0.6 is 11.6 Å². The summed E-state index contributed by atoms with van der Waals surface area (Å²) < 4.78 is 18.6. The Morgan fingerprint density at radius 2 is 2.29 bits per heavy atom. The van der Waals surface area contributed by atoms with Gasteiger partial charge >= 0.3 is 0 Å². The van der Waals surface area contributed by atoms with Crippen molar-refractivity contribution in [2.24, 2.45) is 5.92 Å². The van der Waals surface area contributed by atoms with Crippen molar-refractivity contribution in [3.8, 4) is 0 Å². The van der Waals surface area contributed by atoms with Gasteiger partial charge in [-0.25, -0.2) is 4.39 Å². The van der Waals surface area contributed by atoms with Crippen LogP contribution in [-0.2, 0) is 11.3 Å². The first-order chi connectivity index (χ1) is 8.15. The number of benzene rings is 1. The van der Waals surface area contributed by atoms with Crippen molar-refractivity contribution in [2.75, 3.05) is 13.2 Å². The topological polar surface area (TPSA) is 21.3 Å². The lowest BCUT2D eigenvalue weighted by atomic mass is 10.0. The monoisotopic (exact) mass is 257 g/mol. The highest BCUT2D eigenvalue weighted by atomic mass is 35.5. The van der Waals surface area contributed by atoms with Crippen LogP contribution in [-0.4, -0.2) is 19.3 Å². The molecule has 2 nitrogen and oxygen atoms in total. The molecule has 17 heavy (non-hydrogen) atoms. The van der Waals surface area contributed by atoms with Gasteiger partial charge in [-0.05, 0) is 43.0 Å². The fraction of sp³-hybridized carbons (Fsp3) is 0.538. The molecule has 0 amide bonds. The summed E-state index contributed by atoms with van der Waals surface area (Å²) in [7, 11) is 0. The predicted molar refractivity (Wildman–Crippen MR) is 66.6 cm³/mol. The van der Waals surface area contributed by atoms with E-state index in [0.717, 1.165) is 25.1 Å². The third-order valence-corrected chi connectivity index (χ3v) is 3.41. The van der Waals surface area contributed by atoms with Gasteiger partial charge in [-0.2, -0.15) is 0 Å². The first-order valence-corrected chi connectivity index (χ1v) is 6.30. The third kappa shape index (κ3) is 3.66. The van der Waals surface area contributed by atoms with Crippen LogP contribution in [0.25, 0.3) is 0 Å². The molecule has 1 aromatic carbocycles. The summed E-state index contributed by atoms with van der Waals surface area (Å²) in [6.45, 7) is 4.48. The molecule has 1 aliphatic heterocycles. The zero-order valence-corrected chi connectivity index (χ0v) is 10.6. The van der Waals surface area contributed by atoms with Gasteiger partial charge in [0.2, 0.25) is 0 Å². The van der Waals surface area contributed by atoms with E-state index < -0.39 is 0 Å². The summed E-state index contributed by atoms with van der Waals surface area (Å²) in [6.07, 6.45) is 1.41. The smallest absolute Gasteiger partial charge is 0.125 e. The largest absolute Gasteiger partial charge is 0.378 e. The van der Waals surface area contributed by atoms with E-state index in [4.69, 9.17) is 16.3 Å². The number of halogens is 2. The molecule has 94 valence electrons. The maximum atomic E-state index is 13.1. The average molecular weight is 258 g/mol.